The summed E-state index contributed by atoms with van der Waals surface area (Å²) in [5.41, 5.74) is 2.78. The predicted molar refractivity (Wildman–Crippen MR) is 93.5 cm³/mol. The molecule has 2 heterocycles. The van der Waals surface area contributed by atoms with Crippen molar-refractivity contribution < 1.29 is 9.18 Å². The molecule has 6 heteroatoms. The molecule has 0 bridgehead atoms. The summed E-state index contributed by atoms with van der Waals surface area (Å²) in [4.78, 5) is 22.7. The minimum Gasteiger partial charge on any atom is -0.322 e. The molecule has 124 valence electrons. The van der Waals surface area contributed by atoms with Gasteiger partial charge >= 0.3 is 0 Å². The van der Waals surface area contributed by atoms with Gasteiger partial charge in [-0.3, -0.25) is 4.79 Å². The van der Waals surface area contributed by atoms with Crippen LogP contribution in [0.1, 0.15) is 15.9 Å². The Balaban J connectivity index is 1.53. The summed E-state index contributed by atoms with van der Waals surface area (Å²) in [7, 11) is 0. The first kappa shape index (κ1) is 15.3. The lowest BCUT2D eigenvalue weighted by molar-refractivity contribution is 0.0988. The lowest BCUT2D eigenvalue weighted by atomic mass is 10.2. The molecule has 2 aromatic carbocycles. The monoisotopic (exact) mass is 334 g/mol. The lowest BCUT2D eigenvalue weighted by Gasteiger charge is -2.17. The number of carbonyl (C=O) groups excluding carboxylic acids is 1. The van der Waals surface area contributed by atoms with E-state index in [2.05, 4.69) is 15.3 Å². The molecule has 4 rings (SSSR count). The van der Waals surface area contributed by atoms with Crippen LogP contribution in [0.2, 0.25) is 0 Å². The van der Waals surface area contributed by atoms with E-state index < -0.39 is 0 Å². The molecule has 25 heavy (non-hydrogen) atoms. The highest BCUT2D eigenvalue weighted by Gasteiger charge is 2.25. The predicted octanol–water partition coefficient (Wildman–Crippen LogP) is 3.56. The van der Waals surface area contributed by atoms with Gasteiger partial charge in [-0.15, -0.1) is 0 Å². The summed E-state index contributed by atoms with van der Waals surface area (Å²) in [6.07, 6.45) is 3.76. The highest BCUT2D eigenvalue weighted by molar-refractivity contribution is 6.07. The number of halogens is 1. The molecule has 1 N–H and O–H groups in total. The van der Waals surface area contributed by atoms with Crippen molar-refractivity contribution in [2.75, 3.05) is 16.8 Å². The van der Waals surface area contributed by atoms with Crippen molar-refractivity contribution in [3.8, 4) is 0 Å². The van der Waals surface area contributed by atoms with Crippen LogP contribution < -0.4 is 10.2 Å². The minimum absolute atomic E-state index is 0.137. The quantitative estimate of drug-likeness (QED) is 0.796. The van der Waals surface area contributed by atoms with Gasteiger partial charge in [0.1, 0.15) is 5.82 Å². The van der Waals surface area contributed by atoms with E-state index in [1.54, 1.807) is 23.1 Å². The average Bonchev–Trinajstić information content (AvgIpc) is 3.08. The third kappa shape index (κ3) is 2.94. The highest BCUT2D eigenvalue weighted by atomic mass is 19.1. The Morgan fingerprint density at radius 2 is 1.76 bits per heavy atom. The van der Waals surface area contributed by atoms with Crippen LogP contribution in [0.5, 0.6) is 0 Å². The maximum atomic E-state index is 13.6. The second-order valence-corrected chi connectivity index (χ2v) is 5.74. The molecule has 0 radical (unpaired) electrons. The number of benzene rings is 2. The van der Waals surface area contributed by atoms with Crippen LogP contribution in [0.3, 0.4) is 0 Å². The molecule has 0 saturated heterocycles. The first-order valence-corrected chi connectivity index (χ1v) is 7.96. The second kappa shape index (κ2) is 6.32. The SMILES string of the molecule is O=C(c1cnc(Nc2ccccc2F)nc1)N1CCc2ccccc21. The maximum absolute atomic E-state index is 13.6. The Kier molecular flexibility index (Phi) is 3.85. The van der Waals surface area contributed by atoms with Gasteiger partial charge in [0.15, 0.2) is 0 Å². The van der Waals surface area contributed by atoms with E-state index in [9.17, 15) is 9.18 Å². The van der Waals surface area contributed by atoms with Crippen molar-refractivity contribution in [2.24, 2.45) is 0 Å². The topological polar surface area (TPSA) is 58.1 Å². The molecule has 1 aliphatic rings. The van der Waals surface area contributed by atoms with Crippen molar-refractivity contribution in [3.05, 3.63) is 77.9 Å². The fourth-order valence-corrected chi connectivity index (χ4v) is 2.89. The molecule has 0 fully saturated rings. The van der Waals surface area contributed by atoms with Crippen LogP contribution in [-0.2, 0) is 6.42 Å². The Labute approximate surface area is 144 Å². The molecule has 0 spiro atoms. The smallest absolute Gasteiger partial charge is 0.261 e. The van der Waals surface area contributed by atoms with Crippen molar-refractivity contribution in [2.45, 2.75) is 6.42 Å². The van der Waals surface area contributed by atoms with Gasteiger partial charge in [-0.1, -0.05) is 30.3 Å². The number of hydrogen-bond donors (Lipinski definition) is 1. The van der Waals surface area contributed by atoms with Gasteiger partial charge in [0.25, 0.3) is 5.91 Å². The molecule has 1 aromatic heterocycles. The van der Waals surface area contributed by atoms with Gasteiger partial charge in [0, 0.05) is 24.6 Å². The van der Waals surface area contributed by atoms with Gasteiger partial charge in [0.05, 0.1) is 11.3 Å². The first-order valence-electron chi connectivity index (χ1n) is 7.96. The van der Waals surface area contributed by atoms with Gasteiger partial charge in [-0.05, 0) is 30.2 Å². The average molecular weight is 334 g/mol. The van der Waals surface area contributed by atoms with E-state index in [-0.39, 0.29) is 23.4 Å². The van der Waals surface area contributed by atoms with E-state index in [1.165, 1.54) is 18.5 Å². The summed E-state index contributed by atoms with van der Waals surface area (Å²) in [6.45, 7) is 0.646. The fourth-order valence-electron chi connectivity index (χ4n) is 2.89. The van der Waals surface area contributed by atoms with Crippen molar-refractivity contribution in [3.63, 3.8) is 0 Å². The Hall–Kier alpha value is -3.28. The van der Waals surface area contributed by atoms with Crippen molar-refractivity contribution >= 4 is 23.2 Å². The number of hydrogen-bond acceptors (Lipinski definition) is 4. The Morgan fingerprint density at radius 1 is 1.04 bits per heavy atom. The number of carbonyl (C=O) groups is 1. The molecule has 3 aromatic rings. The van der Waals surface area contributed by atoms with E-state index >= 15 is 0 Å². The molecule has 1 aliphatic heterocycles. The van der Waals surface area contributed by atoms with Crippen LogP contribution in [0, 0.1) is 5.82 Å². The van der Waals surface area contributed by atoms with E-state index in [4.69, 9.17) is 0 Å². The molecule has 0 saturated carbocycles. The lowest BCUT2D eigenvalue weighted by Crippen LogP contribution is -2.29. The zero-order valence-electron chi connectivity index (χ0n) is 13.3. The normalized spacial score (nSPS) is 12.8. The summed E-state index contributed by atoms with van der Waals surface area (Å²) >= 11 is 0. The van der Waals surface area contributed by atoms with E-state index in [1.807, 2.05) is 24.3 Å². The molecular weight excluding hydrogens is 319 g/mol. The maximum Gasteiger partial charge on any atom is 0.261 e. The molecule has 5 nitrogen and oxygen atoms in total. The summed E-state index contributed by atoms with van der Waals surface area (Å²) in [5.74, 6) is -0.286. The molecule has 1 amide bonds. The van der Waals surface area contributed by atoms with Gasteiger partial charge < -0.3 is 10.2 Å². The Morgan fingerprint density at radius 3 is 2.56 bits per heavy atom. The molecule has 0 atom stereocenters. The zero-order chi connectivity index (χ0) is 17.2. The minimum atomic E-state index is -0.389. The highest BCUT2D eigenvalue weighted by Crippen LogP contribution is 2.28. The van der Waals surface area contributed by atoms with Crippen molar-refractivity contribution in [1.29, 1.82) is 0 Å². The van der Waals surface area contributed by atoms with Crippen LogP contribution in [0.4, 0.5) is 21.7 Å². The molecule has 0 unspecified atom stereocenters. The first-order chi connectivity index (χ1) is 12.2. The van der Waals surface area contributed by atoms with Crippen LogP contribution >= 0.6 is 0 Å². The number of nitrogens with one attached hydrogen (secondary N) is 1. The third-order valence-electron chi connectivity index (χ3n) is 4.15. The van der Waals surface area contributed by atoms with Crippen LogP contribution in [0.15, 0.2) is 60.9 Å². The number of fused-ring (bicyclic) bond motifs is 1. The zero-order valence-corrected chi connectivity index (χ0v) is 13.3. The summed E-state index contributed by atoms with van der Waals surface area (Å²) < 4.78 is 13.6. The van der Waals surface area contributed by atoms with Gasteiger partial charge in [-0.2, -0.15) is 0 Å². The van der Waals surface area contributed by atoms with Gasteiger partial charge in [-0.25, -0.2) is 14.4 Å². The van der Waals surface area contributed by atoms with E-state index in [0.29, 0.717) is 12.1 Å². The number of para-hydroxylation sites is 2. The second-order valence-electron chi connectivity index (χ2n) is 5.74. The number of anilines is 3. The van der Waals surface area contributed by atoms with Gasteiger partial charge in [0.2, 0.25) is 5.95 Å². The van der Waals surface area contributed by atoms with Crippen LogP contribution in [0.25, 0.3) is 0 Å². The molecule has 0 aliphatic carbocycles. The largest absolute Gasteiger partial charge is 0.322 e. The van der Waals surface area contributed by atoms with Crippen LogP contribution in [-0.4, -0.2) is 22.4 Å². The number of nitrogens with zero attached hydrogens (tertiary/aromatic N) is 3. The number of amides is 1. The third-order valence-corrected chi connectivity index (χ3v) is 4.15. The van der Waals surface area contributed by atoms with E-state index in [0.717, 1.165) is 17.7 Å². The Bertz CT molecular complexity index is 927. The summed E-state index contributed by atoms with van der Waals surface area (Å²) in [5, 5.41) is 2.80. The number of rotatable bonds is 3. The number of aromatic nitrogens is 2. The standard InChI is InChI=1S/C19H15FN4O/c20-15-6-2-3-7-16(15)23-19-21-11-14(12-22-19)18(25)24-10-9-13-5-1-4-8-17(13)24/h1-8,11-12H,9-10H2,(H,21,22,23). The fraction of sp³-hybridized carbons (Fsp3) is 0.105. The summed E-state index contributed by atoms with van der Waals surface area (Å²) in [6, 6.07) is 14.1. The molecular formula is C19H15FN4O. The van der Waals surface area contributed by atoms with Crippen molar-refractivity contribution in [1.82, 2.24) is 9.97 Å².